The Hall–Kier alpha value is -2.56. The fourth-order valence-corrected chi connectivity index (χ4v) is 3.10. The van der Waals surface area contributed by atoms with Crippen LogP contribution in [-0.4, -0.2) is 35.5 Å². The third-order valence-electron chi connectivity index (χ3n) is 4.38. The molecule has 1 saturated heterocycles. The van der Waals surface area contributed by atoms with Crippen LogP contribution in [0.3, 0.4) is 0 Å². The zero-order valence-corrected chi connectivity index (χ0v) is 14.9. The Morgan fingerprint density at radius 2 is 2.00 bits per heavy atom. The number of piperidine rings is 1. The molecule has 1 aromatic carbocycles. The van der Waals surface area contributed by atoms with Gasteiger partial charge in [-0.1, -0.05) is 6.92 Å². The fourth-order valence-electron chi connectivity index (χ4n) is 3.10. The third kappa shape index (κ3) is 4.50. The van der Waals surface area contributed by atoms with E-state index >= 15 is 0 Å². The Morgan fingerprint density at radius 3 is 2.64 bits per heavy atom. The normalized spacial score (nSPS) is 17.2. The Morgan fingerprint density at radius 1 is 1.24 bits per heavy atom. The SMILES string of the molecule is CCOc1ccc(Nc2ccc(C(=O)N3CCCC(C)C3)nc2)cc1. The summed E-state index contributed by atoms with van der Waals surface area (Å²) in [7, 11) is 0. The van der Waals surface area contributed by atoms with E-state index in [1.807, 2.05) is 42.2 Å². The van der Waals surface area contributed by atoms with Crippen molar-refractivity contribution < 1.29 is 9.53 Å². The van der Waals surface area contributed by atoms with Gasteiger partial charge in [-0.2, -0.15) is 0 Å². The van der Waals surface area contributed by atoms with Crippen LogP contribution in [-0.2, 0) is 0 Å². The minimum Gasteiger partial charge on any atom is -0.494 e. The summed E-state index contributed by atoms with van der Waals surface area (Å²) in [5, 5.41) is 3.28. The average molecular weight is 339 g/mol. The number of carbonyl (C=O) groups excluding carboxylic acids is 1. The summed E-state index contributed by atoms with van der Waals surface area (Å²) in [6.45, 7) is 6.47. The van der Waals surface area contributed by atoms with E-state index in [0.717, 1.165) is 36.6 Å². The number of aromatic nitrogens is 1. The summed E-state index contributed by atoms with van der Waals surface area (Å²) in [6, 6.07) is 11.4. The number of carbonyl (C=O) groups is 1. The van der Waals surface area contributed by atoms with Crippen LogP contribution in [0.15, 0.2) is 42.6 Å². The first kappa shape index (κ1) is 17.3. The number of anilines is 2. The molecule has 0 bridgehead atoms. The largest absolute Gasteiger partial charge is 0.494 e. The molecular formula is C20H25N3O2. The standard InChI is InChI=1S/C20H25N3O2/c1-3-25-18-9-6-16(7-10-18)22-17-8-11-19(21-13-17)20(24)23-12-4-5-15(2)14-23/h6-11,13,15,22H,3-5,12,14H2,1-2H3. The van der Waals surface area contributed by atoms with Gasteiger partial charge in [0.2, 0.25) is 0 Å². The molecule has 2 heterocycles. The van der Waals surface area contributed by atoms with E-state index in [9.17, 15) is 4.79 Å². The minimum absolute atomic E-state index is 0.0270. The predicted octanol–water partition coefficient (Wildman–Crippen LogP) is 4.10. The second-order valence-corrected chi connectivity index (χ2v) is 6.51. The maximum atomic E-state index is 12.5. The van der Waals surface area contributed by atoms with E-state index in [-0.39, 0.29) is 5.91 Å². The highest BCUT2D eigenvalue weighted by molar-refractivity contribution is 5.92. The minimum atomic E-state index is 0.0270. The van der Waals surface area contributed by atoms with Crippen molar-refractivity contribution in [1.82, 2.24) is 9.88 Å². The molecule has 2 aromatic rings. The summed E-state index contributed by atoms with van der Waals surface area (Å²) in [4.78, 5) is 18.8. The first-order valence-electron chi connectivity index (χ1n) is 8.91. The molecule has 0 saturated carbocycles. The van der Waals surface area contributed by atoms with Crippen LogP contribution in [0.4, 0.5) is 11.4 Å². The van der Waals surface area contributed by atoms with E-state index in [2.05, 4.69) is 17.2 Å². The van der Waals surface area contributed by atoms with Crippen molar-refractivity contribution in [3.05, 3.63) is 48.3 Å². The number of hydrogen-bond donors (Lipinski definition) is 1. The van der Waals surface area contributed by atoms with E-state index < -0.39 is 0 Å². The third-order valence-corrected chi connectivity index (χ3v) is 4.38. The molecule has 1 amide bonds. The zero-order valence-electron chi connectivity index (χ0n) is 14.9. The number of nitrogens with one attached hydrogen (secondary N) is 1. The molecule has 0 aliphatic carbocycles. The molecule has 1 aliphatic heterocycles. The molecule has 3 rings (SSSR count). The highest BCUT2D eigenvalue weighted by atomic mass is 16.5. The number of rotatable bonds is 5. The fraction of sp³-hybridized carbons (Fsp3) is 0.400. The number of nitrogens with zero attached hydrogens (tertiary/aromatic N) is 2. The topological polar surface area (TPSA) is 54.5 Å². The van der Waals surface area contributed by atoms with Crippen molar-refractivity contribution >= 4 is 17.3 Å². The Balaban J connectivity index is 1.62. The second kappa shape index (κ2) is 8.01. The maximum Gasteiger partial charge on any atom is 0.272 e. The van der Waals surface area contributed by atoms with Crippen LogP contribution < -0.4 is 10.1 Å². The summed E-state index contributed by atoms with van der Waals surface area (Å²) in [6.07, 6.45) is 3.98. The summed E-state index contributed by atoms with van der Waals surface area (Å²) in [5.41, 5.74) is 2.31. The van der Waals surface area contributed by atoms with Gasteiger partial charge in [0.25, 0.3) is 5.91 Å². The van der Waals surface area contributed by atoms with Crippen LogP contribution >= 0.6 is 0 Å². The molecule has 5 nitrogen and oxygen atoms in total. The smallest absolute Gasteiger partial charge is 0.272 e. The van der Waals surface area contributed by atoms with Crippen LogP contribution in [0, 0.1) is 5.92 Å². The van der Waals surface area contributed by atoms with Crippen molar-refractivity contribution in [3.8, 4) is 5.75 Å². The molecular weight excluding hydrogens is 314 g/mol. The van der Waals surface area contributed by atoms with Gasteiger partial charge in [-0.15, -0.1) is 0 Å². The number of likely N-dealkylation sites (tertiary alicyclic amines) is 1. The molecule has 1 atom stereocenters. The van der Waals surface area contributed by atoms with Gasteiger partial charge in [-0.05, 0) is 62.1 Å². The van der Waals surface area contributed by atoms with E-state index in [4.69, 9.17) is 4.74 Å². The van der Waals surface area contributed by atoms with Crippen LogP contribution in [0.5, 0.6) is 5.75 Å². The van der Waals surface area contributed by atoms with Gasteiger partial charge >= 0.3 is 0 Å². The maximum absolute atomic E-state index is 12.5. The molecule has 0 spiro atoms. The van der Waals surface area contributed by atoms with Crippen molar-refractivity contribution in [3.63, 3.8) is 0 Å². The monoisotopic (exact) mass is 339 g/mol. The van der Waals surface area contributed by atoms with Crippen LogP contribution in [0.1, 0.15) is 37.2 Å². The van der Waals surface area contributed by atoms with Crippen LogP contribution in [0.25, 0.3) is 0 Å². The van der Waals surface area contributed by atoms with Crippen LogP contribution in [0.2, 0.25) is 0 Å². The number of pyridine rings is 1. The lowest BCUT2D eigenvalue weighted by molar-refractivity contribution is 0.0677. The molecule has 1 aliphatic rings. The van der Waals surface area contributed by atoms with E-state index in [1.54, 1.807) is 12.3 Å². The van der Waals surface area contributed by atoms with Crippen molar-refractivity contribution in [2.24, 2.45) is 5.92 Å². The number of benzene rings is 1. The molecule has 5 heteroatoms. The highest BCUT2D eigenvalue weighted by Crippen LogP contribution is 2.21. The lowest BCUT2D eigenvalue weighted by Gasteiger charge is -2.30. The summed E-state index contributed by atoms with van der Waals surface area (Å²) in [5.74, 6) is 1.44. The van der Waals surface area contributed by atoms with Crippen molar-refractivity contribution in [1.29, 1.82) is 0 Å². The Bertz CT molecular complexity index is 698. The van der Waals surface area contributed by atoms with Gasteiger partial charge in [-0.3, -0.25) is 4.79 Å². The summed E-state index contributed by atoms with van der Waals surface area (Å²) >= 11 is 0. The van der Waals surface area contributed by atoms with Gasteiger partial charge in [0.1, 0.15) is 11.4 Å². The molecule has 1 unspecified atom stereocenters. The first-order valence-corrected chi connectivity index (χ1v) is 8.91. The highest BCUT2D eigenvalue weighted by Gasteiger charge is 2.22. The Kier molecular flexibility index (Phi) is 5.53. The van der Waals surface area contributed by atoms with Gasteiger partial charge in [0.05, 0.1) is 18.5 Å². The van der Waals surface area contributed by atoms with Gasteiger partial charge in [0, 0.05) is 18.8 Å². The second-order valence-electron chi connectivity index (χ2n) is 6.51. The number of ether oxygens (including phenoxy) is 1. The van der Waals surface area contributed by atoms with Crippen molar-refractivity contribution in [2.75, 3.05) is 25.0 Å². The zero-order chi connectivity index (χ0) is 17.6. The first-order chi connectivity index (χ1) is 12.2. The van der Waals surface area contributed by atoms with E-state index in [0.29, 0.717) is 18.2 Å². The molecule has 0 radical (unpaired) electrons. The lowest BCUT2D eigenvalue weighted by atomic mass is 10.00. The summed E-state index contributed by atoms with van der Waals surface area (Å²) < 4.78 is 5.44. The van der Waals surface area contributed by atoms with Gasteiger partial charge < -0.3 is 15.0 Å². The number of amides is 1. The lowest BCUT2D eigenvalue weighted by Crippen LogP contribution is -2.39. The van der Waals surface area contributed by atoms with Crippen molar-refractivity contribution in [2.45, 2.75) is 26.7 Å². The quantitative estimate of drug-likeness (QED) is 0.891. The predicted molar refractivity (Wildman–Crippen MR) is 99.4 cm³/mol. The number of hydrogen-bond acceptors (Lipinski definition) is 4. The molecule has 132 valence electrons. The molecule has 1 aromatic heterocycles. The molecule has 25 heavy (non-hydrogen) atoms. The molecule has 1 N–H and O–H groups in total. The van der Waals surface area contributed by atoms with E-state index in [1.165, 1.54) is 6.42 Å². The molecule has 1 fully saturated rings. The Labute approximate surface area is 149 Å². The average Bonchev–Trinajstić information content (AvgIpc) is 2.64. The van der Waals surface area contributed by atoms with Gasteiger partial charge in [0.15, 0.2) is 0 Å². The van der Waals surface area contributed by atoms with Gasteiger partial charge in [-0.25, -0.2) is 4.98 Å².